The van der Waals surface area contributed by atoms with Crippen molar-refractivity contribution in [2.45, 2.75) is 49.9 Å². The molecule has 0 aromatic carbocycles. The van der Waals surface area contributed by atoms with Gasteiger partial charge in [0.05, 0.1) is 11.9 Å². The van der Waals surface area contributed by atoms with Crippen LogP contribution in [0.25, 0.3) is 0 Å². The molecule has 0 N–H and O–H groups in total. The van der Waals surface area contributed by atoms with Crippen molar-refractivity contribution in [3.05, 3.63) is 11.9 Å². The fraction of sp³-hybridized carbons (Fsp3) is 0.800. The number of aromatic nitrogens is 3. The van der Waals surface area contributed by atoms with Gasteiger partial charge in [-0.1, -0.05) is 34.5 Å². The summed E-state index contributed by atoms with van der Waals surface area (Å²) in [6.45, 7) is 3.16. The molecule has 0 amide bonds. The van der Waals surface area contributed by atoms with Crippen LogP contribution in [0.4, 0.5) is 0 Å². The van der Waals surface area contributed by atoms with E-state index in [4.69, 9.17) is 0 Å². The topological polar surface area (TPSA) is 30.7 Å². The first kappa shape index (κ1) is 10.1. The maximum atomic E-state index is 4.13. The Labute approximate surface area is 93.0 Å². The van der Waals surface area contributed by atoms with Crippen molar-refractivity contribution >= 4 is 15.9 Å². The summed E-state index contributed by atoms with van der Waals surface area (Å²) in [5.74, 6) is 0.622. The zero-order chi connectivity index (χ0) is 9.97. The quantitative estimate of drug-likeness (QED) is 0.780. The summed E-state index contributed by atoms with van der Waals surface area (Å²) in [4.78, 5) is 0.622. The molecule has 1 saturated carbocycles. The monoisotopic (exact) mass is 257 g/mol. The van der Waals surface area contributed by atoms with Crippen LogP contribution in [0, 0.1) is 0 Å². The Morgan fingerprint density at radius 1 is 1.57 bits per heavy atom. The second kappa shape index (κ2) is 4.43. The van der Waals surface area contributed by atoms with Crippen LogP contribution in [0.1, 0.15) is 44.2 Å². The fourth-order valence-electron chi connectivity index (χ4n) is 2.19. The molecule has 1 aliphatic rings. The van der Waals surface area contributed by atoms with Crippen LogP contribution < -0.4 is 0 Å². The molecule has 14 heavy (non-hydrogen) atoms. The predicted octanol–water partition coefficient (Wildman–Crippen LogP) is 2.72. The van der Waals surface area contributed by atoms with Gasteiger partial charge in [-0.2, -0.15) is 0 Å². The van der Waals surface area contributed by atoms with E-state index in [2.05, 4.69) is 37.8 Å². The van der Waals surface area contributed by atoms with Gasteiger partial charge in [0.25, 0.3) is 0 Å². The Morgan fingerprint density at radius 2 is 2.43 bits per heavy atom. The van der Waals surface area contributed by atoms with E-state index in [1.807, 2.05) is 6.20 Å². The summed E-state index contributed by atoms with van der Waals surface area (Å²) < 4.78 is 2.06. The lowest BCUT2D eigenvalue weighted by Gasteiger charge is -2.14. The van der Waals surface area contributed by atoms with E-state index in [1.54, 1.807) is 0 Å². The molecular weight excluding hydrogens is 242 g/mol. The van der Waals surface area contributed by atoms with E-state index in [-0.39, 0.29) is 0 Å². The molecular formula is C10H16BrN3. The molecule has 0 bridgehead atoms. The van der Waals surface area contributed by atoms with Crippen molar-refractivity contribution in [2.75, 3.05) is 0 Å². The smallest absolute Gasteiger partial charge is 0.0728 e. The Morgan fingerprint density at radius 3 is 3.07 bits per heavy atom. The Balaban J connectivity index is 2.17. The van der Waals surface area contributed by atoms with Crippen molar-refractivity contribution in [3.63, 3.8) is 0 Å². The highest BCUT2D eigenvalue weighted by Gasteiger charge is 2.29. The number of hydrogen-bond acceptors (Lipinski definition) is 2. The third-order valence-electron chi connectivity index (χ3n) is 2.89. The molecule has 2 unspecified atom stereocenters. The number of halogens is 1. The summed E-state index contributed by atoms with van der Waals surface area (Å²) >= 11 is 3.74. The Kier molecular flexibility index (Phi) is 3.21. The van der Waals surface area contributed by atoms with Crippen molar-refractivity contribution < 1.29 is 0 Å². The molecule has 2 rings (SSSR count). The van der Waals surface area contributed by atoms with Crippen molar-refractivity contribution in [1.29, 1.82) is 0 Å². The van der Waals surface area contributed by atoms with Crippen LogP contribution >= 0.6 is 15.9 Å². The number of nitrogens with zero attached hydrogens (tertiary/aromatic N) is 3. The molecule has 1 aromatic heterocycles. The lowest BCUT2D eigenvalue weighted by Crippen LogP contribution is -2.12. The third kappa shape index (κ3) is 1.85. The van der Waals surface area contributed by atoms with Gasteiger partial charge in [-0.15, -0.1) is 5.10 Å². The second-order valence-corrected chi connectivity index (χ2v) is 5.11. The number of hydrogen-bond donors (Lipinski definition) is 0. The lowest BCUT2D eigenvalue weighted by atomic mass is 10.0. The maximum Gasteiger partial charge on any atom is 0.0728 e. The molecule has 1 aromatic rings. The van der Waals surface area contributed by atoms with E-state index in [9.17, 15) is 0 Å². The van der Waals surface area contributed by atoms with Crippen molar-refractivity contribution in [2.24, 2.45) is 0 Å². The molecule has 0 aliphatic heterocycles. The molecule has 0 spiro atoms. The van der Waals surface area contributed by atoms with Crippen LogP contribution in [-0.2, 0) is 6.54 Å². The summed E-state index contributed by atoms with van der Waals surface area (Å²) in [6.07, 6.45) is 6.92. The Hall–Kier alpha value is -0.380. The van der Waals surface area contributed by atoms with Gasteiger partial charge in [-0.25, -0.2) is 4.68 Å². The molecule has 1 heterocycles. The summed E-state index contributed by atoms with van der Waals surface area (Å²) in [7, 11) is 0. The van der Waals surface area contributed by atoms with E-state index < -0.39 is 0 Å². The molecule has 3 nitrogen and oxygen atoms in total. The molecule has 0 radical (unpaired) electrons. The number of rotatable bonds is 3. The molecule has 0 saturated heterocycles. The normalized spacial score (nSPS) is 27.0. The summed E-state index contributed by atoms with van der Waals surface area (Å²) in [5, 5.41) is 8.14. The average Bonchev–Trinajstić information content (AvgIpc) is 2.74. The van der Waals surface area contributed by atoms with E-state index in [0.717, 1.165) is 13.0 Å². The van der Waals surface area contributed by atoms with Gasteiger partial charge in [0, 0.05) is 17.3 Å². The number of aryl methyl sites for hydroxylation is 1. The van der Waals surface area contributed by atoms with Gasteiger partial charge in [0.2, 0.25) is 0 Å². The highest BCUT2D eigenvalue weighted by Crippen LogP contribution is 2.38. The minimum atomic E-state index is 0.622. The van der Waals surface area contributed by atoms with E-state index >= 15 is 0 Å². The minimum Gasteiger partial charge on any atom is -0.249 e. The molecule has 2 atom stereocenters. The lowest BCUT2D eigenvalue weighted by molar-refractivity contribution is 0.529. The van der Waals surface area contributed by atoms with E-state index in [0.29, 0.717) is 10.7 Å². The fourth-order valence-corrected chi connectivity index (χ4v) is 3.05. The van der Waals surface area contributed by atoms with Crippen molar-refractivity contribution in [3.8, 4) is 0 Å². The first-order valence-electron chi connectivity index (χ1n) is 5.35. The Bertz CT molecular complexity index is 297. The van der Waals surface area contributed by atoms with Crippen LogP contribution in [0.15, 0.2) is 6.20 Å². The third-order valence-corrected chi connectivity index (χ3v) is 3.99. The second-order valence-electron chi connectivity index (χ2n) is 3.94. The number of alkyl halides is 1. The predicted molar refractivity (Wildman–Crippen MR) is 59.6 cm³/mol. The van der Waals surface area contributed by atoms with Gasteiger partial charge >= 0.3 is 0 Å². The summed E-state index contributed by atoms with van der Waals surface area (Å²) in [5.41, 5.74) is 1.31. The minimum absolute atomic E-state index is 0.622. The zero-order valence-electron chi connectivity index (χ0n) is 8.49. The van der Waals surface area contributed by atoms with Crippen LogP contribution in [0.3, 0.4) is 0 Å². The first-order valence-corrected chi connectivity index (χ1v) is 6.27. The van der Waals surface area contributed by atoms with Gasteiger partial charge in [-0.3, -0.25) is 0 Å². The highest BCUT2D eigenvalue weighted by atomic mass is 79.9. The van der Waals surface area contributed by atoms with Crippen LogP contribution in [0.2, 0.25) is 0 Å². The SMILES string of the molecule is CCCn1nncc1C1CCCC1Br. The van der Waals surface area contributed by atoms with Gasteiger partial charge < -0.3 is 0 Å². The van der Waals surface area contributed by atoms with Crippen LogP contribution in [-0.4, -0.2) is 19.8 Å². The largest absolute Gasteiger partial charge is 0.249 e. The maximum absolute atomic E-state index is 4.13. The van der Waals surface area contributed by atoms with Crippen LogP contribution in [0.5, 0.6) is 0 Å². The molecule has 4 heteroatoms. The van der Waals surface area contributed by atoms with Crippen molar-refractivity contribution in [1.82, 2.24) is 15.0 Å². The van der Waals surface area contributed by atoms with Gasteiger partial charge in [-0.05, 0) is 19.3 Å². The molecule has 1 aliphatic carbocycles. The first-order chi connectivity index (χ1) is 6.83. The zero-order valence-corrected chi connectivity index (χ0v) is 10.1. The molecule has 78 valence electrons. The summed E-state index contributed by atoms with van der Waals surface area (Å²) in [6, 6.07) is 0. The average molecular weight is 258 g/mol. The van der Waals surface area contributed by atoms with Gasteiger partial charge in [0.15, 0.2) is 0 Å². The standard InChI is InChI=1S/C10H16BrN3/c1-2-6-14-10(7-12-13-14)8-4-3-5-9(8)11/h7-9H,2-6H2,1H3. The molecule has 1 fully saturated rings. The van der Waals surface area contributed by atoms with Gasteiger partial charge in [0.1, 0.15) is 0 Å². The van der Waals surface area contributed by atoms with E-state index in [1.165, 1.54) is 25.0 Å². The highest BCUT2D eigenvalue weighted by molar-refractivity contribution is 9.09.